The second kappa shape index (κ2) is 5.31. The molecule has 1 aromatic carbocycles. The number of aliphatic carboxylic acids is 2. The van der Waals surface area contributed by atoms with Crippen molar-refractivity contribution < 1.29 is 24.6 Å². The molecule has 0 aromatic heterocycles. The second-order valence-corrected chi connectivity index (χ2v) is 3.84. The van der Waals surface area contributed by atoms with E-state index >= 15 is 0 Å². The van der Waals surface area contributed by atoms with Gasteiger partial charge in [-0.15, -0.1) is 0 Å². The van der Waals surface area contributed by atoms with Crippen LogP contribution in [-0.4, -0.2) is 35.1 Å². The molecule has 0 aliphatic rings. The molecule has 0 unspecified atom stereocenters. The fourth-order valence-corrected chi connectivity index (χ4v) is 1.41. The predicted octanol–water partition coefficient (Wildman–Crippen LogP) is 0.743. The molecule has 0 heterocycles. The standard InChI is InChI=1S/C12H13NO5/c1-7-3-5-8(6-4-7)13(2)10(14)9(11(15)16)12(17)18/h3-6,9H,1-2H3,(H,15,16)(H,17,18). The monoisotopic (exact) mass is 251 g/mol. The van der Waals surface area contributed by atoms with Gasteiger partial charge in [0.2, 0.25) is 5.92 Å². The summed E-state index contributed by atoms with van der Waals surface area (Å²) in [7, 11) is 1.34. The smallest absolute Gasteiger partial charge is 0.327 e. The highest BCUT2D eigenvalue weighted by Crippen LogP contribution is 2.16. The van der Waals surface area contributed by atoms with E-state index in [1.165, 1.54) is 7.05 Å². The van der Waals surface area contributed by atoms with Gasteiger partial charge in [-0.2, -0.15) is 0 Å². The highest BCUT2D eigenvalue weighted by molar-refractivity contribution is 6.17. The summed E-state index contributed by atoms with van der Waals surface area (Å²) in [6.45, 7) is 1.86. The first kappa shape index (κ1) is 13.7. The maximum Gasteiger partial charge on any atom is 0.327 e. The Kier molecular flexibility index (Phi) is 4.04. The minimum atomic E-state index is -2.09. The number of benzene rings is 1. The van der Waals surface area contributed by atoms with E-state index in [9.17, 15) is 14.4 Å². The number of carboxylic acid groups (broad SMARTS) is 2. The van der Waals surface area contributed by atoms with E-state index in [1.807, 2.05) is 6.92 Å². The SMILES string of the molecule is Cc1ccc(N(C)C(=O)C(C(=O)O)C(=O)O)cc1. The Bertz CT molecular complexity index is 466. The maximum absolute atomic E-state index is 11.8. The summed E-state index contributed by atoms with van der Waals surface area (Å²) < 4.78 is 0. The number of hydrogen-bond donors (Lipinski definition) is 2. The quantitative estimate of drug-likeness (QED) is 0.770. The van der Waals surface area contributed by atoms with Gasteiger partial charge in [-0.1, -0.05) is 17.7 Å². The van der Waals surface area contributed by atoms with Crippen LogP contribution >= 0.6 is 0 Å². The van der Waals surface area contributed by atoms with Crippen molar-refractivity contribution in [2.75, 3.05) is 11.9 Å². The number of nitrogens with zero attached hydrogens (tertiary/aromatic N) is 1. The topological polar surface area (TPSA) is 94.9 Å². The molecule has 1 amide bonds. The van der Waals surface area contributed by atoms with Crippen LogP contribution in [0.25, 0.3) is 0 Å². The van der Waals surface area contributed by atoms with Crippen LogP contribution in [-0.2, 0) is 14.4 Å². The Labute approximate surface area is 103 Å². The molecule has 0 aliphatic heterocycles. The van der Waals surface area contributed by atoms with E-state index in [-0.39, 0.29) is 0 Å². The Hall–Kier alpha value is -2.37. The maximum atomic E-state index is 11.8. The van der Waals surface area contributed by atoms with Crippen LogP contribution in [0.2, 0.25) is 0 Å². The van der Waals surface area contributed by atoms with Gasteiger partial charge in [-0.3, -0.25) is 14.4 Å². The molecule has 2 N–H and O–H groups in total. The highest BCUT2D eigenvalue weighted by Gasteiger charge is 2.36. The summed E-state index contributed by atoms with van der Waals surface area (Å²) in [5.41, 5.74) is 1.42. The second-order valence-electron chi connectivity index (χ2n) is 3.84. The van der Waals surface area contributed by atoms with Gasteiger partial charge in [-0.05, 0) is 19.1 Å². The molecule has 0 spiro atoms. The number of carbonyl (C=O) groups is 3. The Morgan fingerprint density at radius 1 is 1.06 bits per heavy atom. The normalized spacial score (nSPS) is 10.2. The molecule has 96 valence electrons. The molecular weight excluding hydrogens is 238 g/mol. The molecule has 1 rings (SSSR count). The zero-order chi connectivity index (χ0) is 13.9. The van der Waals surface area contributed by atoms with Crippen molar-refractivity contribution in [1.82, 2.24) is 0 Å². The third-order valence-corrected chi connectivity index (χ3v) is 2.49. The third kappa shape index (κ3) is 2.85. The van der Waals surface area contributed by atoms with Crippen molar-refractivity contribution in [3.05, 3.63) is 29.8 Å². The van der Waals surface area contributed by atoms with Crippen LogP contribution in [0.4, 0.5) is 5.69 Å². The number of rotatable bonds is 4. The van der Waals surface area contributed by atoms with Crippen molar-refractivity contribution in [1.29, 1.82) is 0 Å². The van der Waals surface area contributed by atoms with Crippen molar-refractivity contribution in [2.45, 2.75) is 6.92 Å². The zero-order valence-corrected chi connectivity index (χ0v) is 9.95. The molecule has 0 bridgehead atoms. The zero-order valence-electron chi connectivity index (χ0n) is 9.95. The van der Waals surface area contributed by atoms with Crippen LogP contribution in [0.15, 0.2) is 24.3 Å². The van der Waals surface area contributed by atoms with Crippen molar-refractivity contribution in [2.24, 2.45) is 5.92 Å². The lowest BCUT2D eigenvalue weighted by Crippen LogP contribution is -2.41. The first-order valence-electron chi connectivity index (χ1n) is 5.14. The van der Waals surface area contributed by atoms with Gasteiger partial charge in [0, 0.05) is 12.7 Å². The molecular formula is C12H13NO5. The van der Waals surface area contributed by atoms with E-state index < -0.39 is 23.8 Å². The van der Waals surface area contributed by atoms with Crippen molar-refractivity contribution >= 4 is 23.5 Å². The highest BCUT2D eigenvalue weighted by atomic mass is 16.4. The molecule has 0 aliphatic carbocycles. The molecule has 0 atom stereocenters. The number of aryl methyl sites for hydroxylation is 1. The van der Waals surface area contributed by atoms with Crippen LogP contribution < -0.4 is 4.90 Å². The average Bonchev–Trinajstić information content (AvgIpc) is 2.28. The number of carbonyl (C=O) groups excluding carboxylic acids is 1. The lowest BCUT2D eigenvalue weighted by Gasteiger charge is -2.19. The predicted molar refractivity (Wildman–Crippen MR) is 63.4 cm³/mol. The van der Waals surface area contributed by atoms with E-state index in [4.69, 9.17) is 10.2 Å². The van der Waals surface area contributed by atoms with E-state index in [0.29, 0.717) is 5.69 Å². The molecule has 0 fully saturated rings. The summed E-state index contributed by atoms with van der Waals surface area (Å²) in [5.74, 6) is -6.42. The van der Waals surface area contributed by atoms with Gasteiger partial charge in [0.25, 0.3) is 5.91 Å². The molecule has 0 radical (unpaired) electrons. The first-order chi connectivity index (χ1) is 8.34. The average molecular weight is 251 g/mol. The number of hydrogen-bond acceptors (Lipinski definition) is 3. The first-order valence-corrected chi connectivity index (χ1v) is 5.14. The fourth-order valence-electron chi connectivity index (χ4n) is 1.41. The molecule has 0 saturated carbocycles. The molecule has 6 nitrogen and oxygen atoms in total. The van der Waals surface area contributed by atoms with Gasteiger partial charge in [0.15, 0.2) is 0 Å². The van der Waals surface area contributed by atoms with Crippen LogP contribution in [0.1, 0.15) is 5.56 Å². The van der Waals surface area contributed by atoms with Crippen LogP contribution in [0.5, 0.6) is 0 Å². The summed E-state index contributed by atoms with van der Waals surface area (Å²) in [6, 6.07) is 6.73. The van der Waals surface area contributed by atoms with E-state index in [0.717, 1.165) is 10.5 Å². The largest absolute Gasteiger partial charge is 0.480 e. The minimum absolute atomic E-state index is 0.443. The van der Waals surface area contributed by atoms with Gasteiger partial charge in [0.05, 0.1) is 0 Å². The van der Waals surface area contributed by atoms with Gasteiger partial charge < -0.3 is 15.1 Å². The molecule has 6 heteroatoms. The Balaban J connectivity index is 2.99. The van der Waals surface area contributed by atoms with Crippen molar-refractivity contribution in [3.63, 3.8) is 0 Å². The number of amides is 1. The van der Waals surface area contributed by atoms with Gasteiger partial charge in [-0.25, -0.2) is 0 Å². The number of anilines is 1. The van der Waals surface area contributed by atoms with E-state index in [2.05, 4.69) is 0 Å². The fraction of sp³-hybridized carbons (Fsp3) is 0.250. The van der Waals surface area contributed by atoms with E-state index in [1.54, 1.807) is 24.3 Å². The summed E-state index contributed by atoms with van der Waals surface area (Å²) in [5, 5.41) is 17.5. The minimum Gasteiger partial charge on any atom is -0.480 e. The van der Waals surface area contributed by atoms with Crippen LogP contribution in [0.3, 0.4) is 0 Å². The van der Waals surface area contributed by atoms with Crippen LogP contribution in [0, 0.1) is 12.8 Å². The summed E-state index contributed by atoms with van der Waals surface area (Å²) >= 11 is 0. The summed E-state index contributed by atoms with van der Waals surface area (Å²) in [6.07, 6.45) is 0. The van der Waals surface area contributed by atoms with Gasteiger partial charge >= 0.3 is 11.9 Å². The Morgan fingerprint density at radius 3 is 1.89 bits per heavy atom. The number of carboxylic acids is 2. The van der Waals surface area contributed by atoms with Crippen molar-refractivity contribution in [3.8, 4) is 0 Å². The molecule has 1 aromatic rings. The third-order valence-electron chi connectivity index (χ3n) is 2.49. The van der Waals surface area contributed by atoms with Gasteiger partial charge in [0.1, 0.15) is 0 Å². The lowest BCUT2D eigenvalue weighted by atomic mass is 10.1. The summed E-state index contributed by atoms with van der Waals surface area (Å²) in [4.78, 5) is 34.3. The lowest BCUT2D eigenvalue weighted by molar-refractivity contribution is -0.157. The Morgan fingerprint density at radius 2 is 1.50 bits per heavy atom. The molecule has 18 heavy (non-hydrogen) atoms. The molecule has 0 saturated heterocycles.